The number of aryl methyl sites for hydroxylation is 1. The standard InChI is InChI=1S/C17H20FN7O/c18-12-6-7-13-14(10-12)21-17(20-13)15-4-1-2-9-25(15)16(26)5-3-8-24-11-19-22-23-24/h6-7,10-11,15H,1-5,8-9H2,(H,20,21). The lowest BCUT2D eigenvalue weighted by Crippen LogP contribution is -2.39. The van der Waals surface area contributed by atoms with Crippen molar-refractivity contribution in [3.8, 4) is 0 Å². The Morgan fingerprint density at radius 3 is 3.12 bits per heavy atom. The summed E-state index contributed by atoms with van der Waals surface area (Å²) in [5, 5.41) is 11.0. The fourth-order valence-corrected chi connectivity index (χ4v) is 3.49. The number of fused-ring (bicyclic) bond motifs is 1. The Kier molecular flexibility index (Phi) is 4.59. The molecule has 2 aromatic heterocycles. The lowest BCUT2D eigenvalue weighted by Gasteiger charge is -2.34. The van der Waals surface area contributed by atoms with Gasteiger partial charge in [-0.25, -0.2) is 14.1 Å². The summed E-state index contributed by atoms with van der Waals surface area (Å²) in [6.45, 7) is 1.33. The Hall–Kier alpha value is -2.84. The Bertz CT molecular complexity index is 892. The average Bonchev–Trinajstić information content (AvgIpc) is 3.30. The van der Waals surface area contributed by atoms with Crippen LogP contribution in [0.2, 0.25) is 0 Å². The summed E-state index contributed by atoms with van der Waals surface area (Å²) >= 11 is 0. The summed E-state index contributed by atoms with van der Waals surface area (Å²) in [5.41, 5.74) is 1.38. The van der Waals surface area contributed by atoms with Crippen LogP contribution in [0.15, 0.2) is 24.5 Å². The number of hydrogen-bond acceptors (Lipinski definition) is 5. The maximum Gasteiger partial charge on any atom is 0.223 e. The van der Waals surface area contributed by atoms with E-state index >= 15 is 0 Å². The summed E-state index contributed by atoms with van der Waals surface area (Å²) < 4.78 is 15.0. The van der Waals surface area contributed by atoms with Crippen LogP contribution >= 0.6 is 0 Å². The molecule has 0 spiro atoms. The number of nitrogens with one attached hydrogen (secondary N) is 1. The highest BCUT2D eigenvalue weighted by molar-refractivity contribution is 5.78. The fraction of sp³-hybridized carbons (Fsp3) is 0.471. The maximum atomic E-state index is 13.4. The van der Waals surface area contributed by atoms with E-state index in [2.05, 4.69) is 25.5 Å². The third-order valence-corrected chi connectivity index (χ3v) is 4.77. The second kappa shape index (κ2) is 7.19. The molecule has 3 aromatic rings. The van der Waals surface area contributed by atoms with E-state index in [1.807, 2.05) is 4.90 Å². The van der Waals surface area contributed by atoms with Crippen molar-refractivity contribution >= 4 is 16.9 Å². The molecule has 1 unspecified atom stereocenters. The normalized spacial score (nSPS) is 17.7. The van der Waals surface area contributed by atoms with Crippen LogP contribution in [-0.2, 0) is 11.3 Å². The predicted molar refractivity (Wildman–Crippen MR) is 91.4 cm³/mol. The number of tetrazole rings is 1. The molecule has 1 amide bonds. The molecule has 26 heavy (non-hydrogen) atoms. The minimum Gasteiger partial charge on any atom is -0.340 e. The molecular formula is C17H20FN7O. The predicted octanol–water partition coefficient (Wildman–Crippen LogP) is 2.22. The summed E-state index contributed by atoms with van der Waals surface area (Å²) in [6.07, 6.45) is 5.56. The van der Waals surface area contributed by atoms with Gasteiger partial charge in [0.05, 0.1) is 17.1 Å². The van der Waals surface area contributed by atoms with Gasteiger partial charge < -0.3 is 9.88 Å². The number of likely N-dealkylation sites (tertiary alicyclic amines) is 1. The maximum absolute atomic E-state index is 13.4. The topological polar surface area (TPSA) is 92.6 Å². The van der Waals surface area contributed by atoms with E-state index in [0.29, 0.717) is 24.9 Å². The highest BCUT2D eigenvalue weighted by atomic mass is 19.1. The third-order valence-electron chi connectivity index (χ3n) is 4.77. The molecule has 0 bridgehead atoms. The first-order valence-electron chi connectivity index (χ1n) is 8.86. The number of halogens is 1. The number of hydrogen-bond donors (Lipinski definition) is 1. The summed E-state index contributed by atoms with van der Waals surface area (Å²) in [4.78, 5) is 22.4. The Labute approximate surface area is 149 Å². The van der Waals surface area contributed by atoms with E-state index in [0.717, 1.165) is 37.1 Å². The number of rotatable bonds is 5. The molecular weight excluding hydrogens is 337 g/mol. The van der Waals surface area contributed by atoms with Crippen LogP contribution in [0.4, 0.5) is 4.39 Å². The molecule has 1 aliphatic heterocycles. The van der Waals surface area contributed by atoms with Crippen LogP contribution in [0, 0.1) is 5.82 Å². The van der Waals surface area contributed by atoms with E-state index in [-0.39, 0.29) is 17.8 Å². The van der Waals surface area contributed by atoms with Gasteiger partial charge in [0.2, 0.25) is 5.91 Å². The quantitative estimate of drug-likeness (QED) is 0.756. The smallest absolute Gasteiger partial charge is 0.223 e. The van der Waals surface area contributed by atoms with Gasteiger partial charge in [0.15, 0.2) is 0 Å². The monoisotopic (exact) mass is 357 g/mol. The number of aromatic nitrogens is 6. The summed E-state index contributed by atoms with van der Waals surface area (Å²) in [6, 6.07) is 4.41. The first-order valence-corrected chi connectivity index (χ1v) is 8.86. The number of amides is 1. The van der Waals surface area contributed by atoms with Crippen molar-refractivity contribution < 1.29 is 9.18 Å². The Morgan fingerprint density at radius 2 is 2.27 bits per heavy atom. The molecule has 8 nitrogen and oxygen atoms in total. The highest BCUT2D eigenvalue weighted by Gasteiger charge is 2.29. The number of piperidine rings is 1. The molecule has 1 saturated heterocycles. The van der Waals surface area contributed by atoms with Gasteiger partial charge >= 0.3 is 0 Å². The number of aromatic amines is 1. The van der Waals surface area contributed by atoms with Crippen molar-refractivity contribution in [3.05, 3.63) is 36.2 Å². The van der Waals surface area contributed by atoms with Gasteiger partial charge in [-0.15, -0.1) is 5.10 Å². The molecule has 0 saturated carbocycles. The van der Waals surface area contributed by atoms with Crippen LogP contribution in [0.3, 0.4) is 0 Å². The largest absolute Gasteiger partial charge is 0.340 e. The van der Waals surface area contributed by atoms with Crippen molar-refractivity contribution in [2.45, 2.75) is 44.7 Å². The van der Waals surface area contributed by atoms with E-state index in [9.17, 15) is 9.18 Å². The SMILES string of the molecule is O=C(CCCn1cnnn1)N1CCCCC1c1nc2ccc(F)cc2[nH]1. The zero-order valence-corrected chi connectivity index (χ0v) is 14.3. The molecule has 3 heterocycles. The van der Waals surface area contributed by atoms with Gasteiger partial charge in [-0.2, -0.15) is 0 Å². The van der Waals surface area contributed by atoms with Gasteiger partial charge in [-0.05, 0) is 54.3 Å². The molecule has 1 aliphatic rings. The molecule has 0 aliphatic carbocycles. The van der Waals surface area contributed by atoms with Crippen molar-refractivity contribution in [1.82, 2.24) is 35.1 Å². The molecule has 1 fully saturated rings. The van der Waals surface area contributed by atoms with Crippen LogP contribution in [-0.4, -0.2) is 47.5 Å². The van der Waals surface area contributed by atoms with Crippen LogP contribution in [0.25, 0.3) is 11.0 Å². The minimum atomic E-state index is -0.299. The van der Waals surface area contributed by atoms with Gasteiger partial charge in [-0.1, -0.05) is 0 Å². The van der Waals surface area contributed by atoms with E-state index in [1.54, 1.807) is 17.1 Å². The number of benzene rings is 1. The molecule has 1 aromatic carbocycles. The van der Waals surface area contributed by atoms with Crippen molar-refractivity contribution in [2.24, 2.45) is 0 Å². The average molecular weight is 357 g/mol. The van der Waals surface area contributed by atoms with Crippen LogP contribution in [0.1, 0.15) is 44.0 Å². The van der Waals surface area contributed by atoms with E-state index in [1.165, 1.54) is 12.1 Å². The lowest BCUT2D eigenvalue weighted by atomic mass is 10.0. The molecule has 136 valence electrons. The minimum absolute atomic E-state index is 0.0836. The number of H-pyrrole nitrogens is 1. The lowest BCUT2D eigenvalue weighted by molar-refractivity contribution is -0.135. The zero-order chi connectivity index (χ0) is 17.9. The second-order valence-electron chi connectivity index (χ2n) is 6.56. The molecule has 1 atom stereocenters. The van der Waals surface area contributed by atoms with Crippen molar-refractivity contribution in [2.75, 3.05) is 6.54 Å². The second-order valence-corrected chi connectivity index (χ2v) is 6.56. The summed E-state index contributed by atoms with van der Waals surface area (Å²) in [7, 11) is 0. The van der Waals surface area contributed by atoms with Gasteiger partial charge in [-0.3, -0.25) is 4.79 Å². The van der Waals surface area contributed by atoms with Gasteiger partial charge in [0.1, 0.15) is 18.0 Å². The fourth-order valence-electron chi connectivity index (χ4n) is 3.49. The molecule has 0 radical (unpaired) electrons. The van der Waals surface area contributed by atoms with Crippen LogP contribution in [0.5, 0.6) is 0 Å². The highest BCUT2D eigenvalue weighted by Crippen LogP contribution is 2.31. The number of carbonyl (C=O) groups excluding carboxylic acids is 1. The zero-order valence-electron chi connectivity index (χ0n) is 14.3. The number of nitrogens with zero attached hydrogens (tertiary/aromatic N) is 6. The van der Waals surface area contributed by atoms with E-state index < -0.39 is 0 Å². The first-order chi connectivity index (χ1) is 12.7. The van der Waals surface area contributed by atoms with Gasteiger partial charge in [0, 0.05) is 19.5 Å². The number of carbonyl (C=O) groups is 1. The van der Waals surface area contributed by atoms with Crippen molar-refractivity contribution in [3.63, 3.8) is 0 Å². The number of imidazole rings is 1. The van der Waals surface area contributed by atoms with Crippen molar-refractivity contribution in [1.29, 1.82) is 0 Å². The van der Waals surface area contributed by atoms with E-state index in [4.69, 9.17) is 0 Å². The molecule has 9 heteroatoms. The molecule has 4 rings (SSSR count). The summed E-state index contributed by atoms with van der Waals surface area (Å²) in [5.74, 6) is 0.542. The third kappa shape index (κ3) is 3.42. The van der Waals surface area contributed by atoms with Gasteiger partial charge in [0.25, 0.3) is 0 Å². The Balaban J connectivity index is 1.47. The Morgan fingerprint density at radius 1 is 1.35 bits per heavy atom. The first kappa shape index (κ1) is 16.6. The van der Waals surface area contributed by atoms with Crippen LogP contribution < -0.4 is 0 Å². The molecule has 1 N–H and O–H groups in total.